The maximum Gasteiger partial charge on any atom is 0.0546 e. The van der Waals surface area contributed by atoms with Crippen molar-refractivity contribution in [3.05, 3.63) is 35.4 Å². The predicted molar refractivity (Wildman–Crippen MR) is 68.9 cm³/mol. The Bertz CT molecular complexity index is 281. The Morgan fingerprint density at radius 1 is 1.12 bits per heavy atom. The van der Waals surface area contributed by atoms with Crippen LogP contribution in [0.1, 0.15) is 24.5 Å². The zero-order chi connectivity index (χ0) is 11.8. The second-order valence-corrected chi connectivity index (χ2v) is 4.26. The van der Waals surface area contributed by atoms with Gasteiger partial charge in [0.15, 0.2) is 0 Å². The molecule has 1 rings (SSSR count). The molecular weight excluding hydrogens is 198 g/mol. The first kappa shape index (κ1) is 13.2. The normalized spacial score (nSPS) is 12.7. The van der Waals surface area contributed by atoms with E-state index in [4.69, 9.17) is 4.74 Å². The molecule has 1 N–H and O–H groups in total. The minimum absolute atomic E-state index is 0.351. The Morgan fingerprint density at radius 2 is 1.69 bits per heavy atom. The molecule has 0 saturated heterocycles. The molecule has 2 heteroatoms. The SMILES string of the molecule is CNCCc1ccc(CCC(C)OC)cc1. The number of aryl methyl sites for hydroxylation is 1. The van der Waals surface area contributed by atoms with Crippen LogP contribution in [0.5, 0.6) is 0 Å². The maximum absolute atomic E-state index is 5.24. The average Bonchev–Trinajstić information content (AvgIpc) is 2.34. The zero-order valence-electron chi connectivity index (χ0n) is 10.6. The third kappa shape index (κ3) is 4.77. The summed E-state index contributed by atoms with van der Waals surface area (Å²) in [5.74, 6) is 0. The van der Waals surface area contributed by atoms with Crippen molar-refractivity contribution in [2.24, 2.45) is 0 Å². The molecule has 0 bridgehead atoms. The van der Waals surface area contributed by atoms with Gasteiger partial charge in [0.1, 0.15) is 0 Å². The van der Waals surface area contributed by atoms with Crippen LogP contribution in [-0.4, -0.2) is 26.8 Å². The number of hydrogen-bond acceptors (Lipinski definition) is 2. The molecule has 0 amide bonds. The van der Waals surface area contributed by atoms with E-state index in [0.29, 0.717) is 6.10 Å². The lowest BCUT2D eigenvalue weighted by molar-refractivity contribution is 0.111. The van der Waals surface area contributed by atoms with Crippen LogP contribution in [0, 0.1) is 0 Å². The summed E-state index contributed by atoms with van der Waals surface area (Å²) in [5, 5.41) is 3.16. The lowest BCUT2D eigenvalue weighted by Crippen LogP contribution is -2.10. The fourth-order valence-corrected chi connectivity index (χ4v) is 1.63. The van der Waals surface area contributed by atoms with Gasteiger partial charge in [-0.15, -0.1) is 0 Å². The summed E-state index contributed by atoms with van der Waals surface area (Å²) in [6.07, 6.45) is 3.64. The molecule has 0 heterocycles. The number of benzene rings is 1. The molecule has 0 aliphatic rings. The van der Waals surface area contributed by atoms with Crippen LogP contribution < -0.4 is 5.32 Å². The van der Waals surface area contributed by atoms with Crippen LogP contribution in [-0.2, 0) is 17.6 Å². The molecule has 0 aliphatic heterocycles. The quantitative estimate of drug-likeness (QED) is 0.763. The Kier molecular flexibility index (Phi) is 6.12. The fourth-order valence-electron chi connectivity index (χ4n) is 1.63. The first-order valence-electron chi connectivity index (χ1n) is 6.01. The smallest absolute Gasteiger partial charge is 0.0546 e. The molecule has 16 heavy (non-hydrogen) atoms. The van der Waals surface area contributed by atoms with Gasteiger partial charge in [0, 0.05) is 7.11 Å². The van der Waals surface area contributed by atoms with Crippen LogP contribution in [0.3, 0.4) is 0 Å². The van der Waals surface area contributed by atoms with E-state index in [1.807, 2.05) is 7.05 Å². The Labute approximate surface area is 99.0 Å². The van der Waals surface area contributed by atoms with Gasteiger partial charge in [0.2, 0.25) is 0 Å². The molecule has 1 unspecified atom stereocenters. The van der Waals surface area contributed by atoms with Crippen molar-refractivity contribution in [1.82, 2.24) is 5.32 Å². The second-order valence-electron chi connectivity index (χ2n) is 4.26. The molecule has 0 aromatic heterocycles. The van der Waals surface area contributed by atoms with Gasteiger partial charge >= 0.3 is 0 Å². The highest BCUT2D eigenvalue weighted by Gasteiger charge is 2.00. The van der Waals surface area contributed by atoms with Gasteiger partial charge in [0.05, 0.1) is 6.10 Å². The Balaban J connectivity index is 2.38. The van der Waals surface area contributed by atoms with Gasteiger partial charge in [-0.25, -0.2) is 0 Å². The summed E-state index contributed by atoms with van der Waals surface area (Å²) < 4.78 is 5.24. The van der Waals surface area contributed by atoms with E-state index in [1.165, 1.54) is 11.1 Å². The van der Waals surface area contributed by atoms with E-state index in [0.717, 1.165) is 25.8 Å². The molecule has 0 saturated carbocycles. The average molecular weight is 221 g/mol. The monoisotopic (exact) mass is 221 g/mol. The summed E-state index contributed by atoms with van der Waals surface area (Å²) in [4.78, 5) is 0. The van der Waals surface area contributed by atoms with Crippen LogP contribution in [0.2, 0.25) is 0 Å². The van der Waals surface area contributed by atoms with E-state index >= 15 is 0 Å². The summed E-state index contributed by atoms with van der Waals surface area (Å²) in [6, 6.07) is 8.91. The van der Waals surface area contributed by atoms with Gasteiger partial charge in [-0.2, -0.15) is 0 Å². The molecule has 0 spiro atoms. The van der Waals surface area contributed by atoms with Crippen LogP contribution in [0.25, 0.3) is 0 Å². The summed E-state index contributed by atoms with van der Waals surface area (Å²) in [7, 11) is 3.76. The number of hydrogen-bond donors (Lipinski definition) is 1. The number of nitrogens with one attached hydrogen (secondary N) is 1. The third-order valence-electron chi connectivity index (χ3n) is 2.93. The minimum Gasteiger partial charge on any atom is -0.382 e. The summed E-state index contributed by atoms with van der Waals surface area (Å²) in [5.41, 5.74) is 2.80. The van der Waals surface area contributed by atoms with E-state index < -0.39 is 0 Å². The highest BCUT2D eigenvalue weighted by atomic mass is 16.5. The predicted octanol–water partition coefficient (Wildman–Crippen LogP) is 2.42. The van der Waals surface area contributed by atoms with Crippen molar-refractivity contribution in [2.45, 2.75) is 32.3 Å². The van der Waals surface area contributed by atoms with E-state index in [9.17, 15) is 0 Å². The van der Waals surface area contributed by atoms with Crippen molar-refractivity contribution in [3.8, 4) is 0 Å². The zero-order valence-corrected chi connectivity index (χ0v) is 10.6. The molecule has 0 aliphatic carbocycles. The number of likely N-dealkylation sites (N-methyl/N-ethyl adjacent to an activating group) is 1. The first-order valence-corrected chi connectivity index (χ1v) is 6.01. The lowest BCUT2D eigenvalue weighted by atomic mass is 10.0. The van der Waals surface area contributed by atoms with Gasteiger partial charge in [0.25, 0.3) is 0 Å². The van der Waals surface area contributed by atoms with Crippen LogP contribution in [0.15, 0.2) is 24.3 Å². The van der Waals surface area contributed by atoms with E-state index in [-0.39, 0.29) is 0 Å². The van der Waals surface area contributed by atoms with Crippen molar-refractivity contribution < 1.29 is 4.74 Å². The number of rotatable bonds is 7. The van der Waals surface area contributed by atoms with E-state index in [1.54, 1.807) is 7.11 Å². The maximum atomic E-state index is 5.24. The van der Waals surface area contributed by atoms with Gasteiger partial charge < -0.3 is 10.1 Å². The second kappa shape index (κ2) is 7.42. The van der Waals surface area contributed by atoms with Crippen molar-refractivity contribution in [2.75, 3.05) is 20.7 Å². The number of methoxy groups -OCH3 is 1. The van der Waals surface area contributed by atoms with Crippen molar-refractivity contribution >= 4 is 0 Å². The molecule has 1 aromatic carbocycles. The van der Waals surface area contributed by atoms with Crippen molar-refractivity contribution in [1.29, 1.82) is 0 Å². The largest absolute Gasteiger partial charge is 0.382 e. The third-order valence-corrected chi connectivity index (χ3v) is 2.93. The highest BCUT2D eigenvalue weighted by Crippen LogP contribution is 2.09. The Hall–Kier alpha value is -0.860. The Morgan fingerprint density at radius 3 is 2.19 bits per heavy atom. The van der Waals surface area contributed by atoms with Gasteiger partial charge in [-0.1, -0.05) is 24.3 Å². The topological polar surface area (TPSA) is 21.3 Å². The summed E-state index contributed by atoms with van der Waals surface area (Å²) >= 11 is 0. The standard InChI is InChI=1S/C14H23NO/c1-12(16-3)4-5-13-6-8-14(9-7-13)10-11-15-2/h6-9,12,15H,4-5,10-11H2,1-3H3. The molecule has 1 atom stereocenters. The molecular formula is C14H23NO. The van der Waals surface area contributed by atoms with Crippen LogP contribution in [0.4, 0.5) is 0 Å². The summed E-state index contributed by atoms with van der Waals surface area (Å²) in [6.45, 7) is 3.15. The number of ether oxygens (including phenoxy) is 1. The van der Waals surface area contributed by atoms with Gasteiger partial charge in [-0.05, 0) is 50.9 Å². The molecule has 1 aromatic rings. The lowest BCUT2D eigenvalue weighted by Gasteiger charge is -2.09. The molecule has 0 radical (unpaired) electrons. The molecule has 0 fully saturated rings. The minimum atomic E-state index is 0.351. The van der Waals surface area contributed by atoms with Crippen LogP contribution >= 0.6 is 0 Å². The first-order chi connectivity index (χ1) is 7.76. The fraction of sp³-hybridized carbons (Fsp3) is 0.571. The molecule has 2 nitrogen and oxygen atoms in total. The van der Waals surface area contributed by atoms with Gasteiger partial charge in [-0.3, -0.25) is 0 Å². The van der Waals surface area contributed by atoms with E-state index in [2.05, 4.69) is 36.5 Å². The highest BCUT2D eigenvalue weighted by molar-refractivity contribution is 5.22. The van der Waals surface area contributed by atoms with Crippen molar-refractivity contribution in [3.63, 3.8) is 0 Å². The molecule has 90 valence electrons.